The maximum atomic E-state index is 12.6. The molecule has 2 N–H and O–H groups in total. The number of carbonyl (C=O) groups excluding carboxylic acids is 1. The van der Waals surface area contributed by atoms with Crippen molar-refractivity contribution >= 4 is 5.91 Å². The summed E-state index contributed by atoms with van der Waals surface area (Å²) < 4.78 is 0. The zero-order valence-electron chi connectivity index (χ0n) is 12.5. The van der Waals surface area contributed by atoms with E-state index >= 15 is 0 Å². The molecule has 4 heteroatoms. The lowest BCUT2D eigenvalue weighted by atomic mass is 9.97. The van der Waals surface area contributed by atoms with Crippen molar-refractivity contribution in [1.82, 2.24) is 9.80 Å². The van der Waals surface area contributed by atoms with Crippen LogP contribution in [0.3, 0.4) is 0 Å². The minimum Gasteiger partial charge on any atom is -0.341 e. The molecule has 2 aliphatic heterocycles. The Morgan fingerprint density at radius 1 is 1.21 bits per heavy atom. The molecule has 2 unspecified atom stereocenters. The highest BCUT2D eigenvalue weighted by molar-refractivity contribution is 5.81. The number of nitrogens with two attached hydrogens (primary N) is 1. The summed E-state index contributed by atoms with van der Waals surface area (Å²) in [6.45, 7) is 7.09. The van der Waals surface area contributed by atoms with E-state index in [-0.39, 0.29) is 12.1 Å². The molecule has 110 valence electrons. The molecule has 2 saturated heterocycles. The highest BCUT2D eigenvalue weighted by Crippen LogP contribution is 2.23. The molecule has 0 aromatic carbocycles. The lowest BCUT2D eigenvalue weighted by molar-refractivity contribution is -0.139. The maximum Gasteiger partial charge on any atom is 0.239 e. The van der Waals surface area contributed by atoms with Gasteiger partial charge < -0.3 is 10.6 Å². The van der Waals surface area contributed by atoms with E-state index in [0.717, 1.165) is 38.9 Å². The van der Waals surface area contributed by atoms with Crippen LogP contribution in [0.5, 0.6) is 0 Å². The SMILES string of the molecule is CCC1CCCCN1C(C)C(=O)N1CCC(N)CC1. The van der Waals surface area contributed by atoms with Crippen molar-refractivity contribution in [3.63, 3.8) is 0 Å². The molecule has 0 radical (unpaired) electrons. The third kappa shape index (κ3) is 3.48. The predicted octanol–water partition coefficient (Wildman–Crippen LogP) is 1.59. The van der Waals surface area contributed by atoms with Crippen LogP contribution in [0.2, 0.25) is 0 Å². The topological polar surface area (TPSA) is 49.6 Å². The molecule has 2 heterocycles. The third-order valence-electron chi connectivity index (χ3n) is 4.85. The molecule has 2 aliphatic rings. The third-order valence-corrected chi connectivity index (χ3v) is 4.85. The van der Waals surface area contributed by atoms with Crippen LogP contribution in [0.15, 0.2) is 0 Å². The van der Waals surface area contributed by atoms with Crippen LogP contribution in [0.1, 0.15) is 52.4 Å². The molecule has 1 amide bonds. The second-order valence-electron chi connectivity index (χ2n) is 6.13. The second kappa shape index (κ2) is 6.71. The summed E-state index contributed by atoms with van der Waals surface area (Å²) in [7, 11) is 0. The summed E-state index contributed by atoms with van der Waals surface area (Å²) in [5.74, 6) is 0.312. The van der Waals surface area contributed by atoms with Crippen LogP contribution in [-0.2, 0) is 4.79 Å². The zero-order valence-corrected chi connectivity index (χ0v) is 12.5. The van der Waals surface area contributed by atoms with Crippen LogP contribution >= 0.6 is 0 Å². The Bertz CT molecular complexity index is 300. The van der Waals surface area contributed by atoms with Gasteiger partial charge in [0.1, 0.15) is 0 Å². The molecule has 2 atom stereocenters. The molecular weight excluding hydrogens is 238 g/mol. The maximum absolute atomic E-state index is 12.6. The Morgan fingerprint density at radius 3 is 2.53 bits per heavy atom. The van der Waals surface area contributed by atoms with E-state index < -0.39 is 0 Å². The normalized spacial score (nSPS) is 28.4. The standard InChI is InChI=1S/C15H29N3O/c1-3-14-6-4-5-9-18(14)12(2)15(19)17-10-7-13(16)8-11-17/h12-14H,3-11,16H2,1-2H3. The minimum atomic E-state index is 0.0413. The Morgan fingerprint density at radius 2 is 1.89 bits per heavy atom. The first-order chi connectivity index (χ1) is 9.13. The van der Waals surface area contributed by atoms with Crippen LogP contribution in [-0.4, -0.2) is 53.5 Å². The van der Waals surface area contributed by atoms with Gasteiger partial charge in [0.25, 0.3) is 0 Å². The van der Waals surface area contributed by atoms with Crippen LogP contribution in [0.4, 0.5) is 0 Å². The summed E-state index contributed by atoms with van der Waals surface area (Å²) >= 11 is 0. The monoisotopic (exact) mass is 267 g/mol. The smallest absolute Gasteiger partial charge is 0.239 e. The van der Waals surface area contributed by atoms with E-state index in [1.165, 1.54) is 19.3 Å². The highest BCUT2D eigenvalue weighted by atomic mass is 16.2. The summed E-state index contributed by atoms with van der Waals surface area (Å²) in [6, 6.07) is 0.928. The molecule has 19 heavy (non-hydrogen) atoms. The average Bonchev–Trinajstić information content (AvgIpc) is 2.46. The molecule has 2 fully saturated rings. The Labute approximate surface area is 117 Å². The number of carbonyl (C=O) groups is 1. The van der Waals surface area contributed by atoms with Crippen molar-refractivity contribution in [3.8, 4) is 0 Å². The first-order valence-corrected chi connectivity index (χ1v) is 7.93. The zero-order chi connectivity index (χ0) is 13.8. The summed E-state index contributed by atoms with van der Waals surface area (Å²) in [6.07, 6.45) is 6.86. The number of rotatable bonds is 3. The van der Waals surface area contributed by atoms with E-state index in [4.69, 9.17) is 5.73 Å². The molecule has 0 bridgehead atoms. The van der Waals surface area contributed by atoms with Gasteiger partial charge in [0, 0.05) is 25.2 Å². The second-order valence-corrected chi connectivity index (χ2v) is 6.13. The Kier molecular flexibility index (Phi) is 5.22. The summed E-state index contributed by atoms with van der Waals surface area (Å²) in [5, 5.41) is 0. The Hall–Kier alpha value is -0.610. The van der Waals surface area contributed by atoms with E-state index in [2.05, 4.69) is 18.7 Å². The van der Waals surface area contributed by atoms with Crippen molar-refractivity contribution < 1.29 is 4.79 Å². The van der Waals surface area contributed by atoms with Crippen LogP contribution in [0, 0.1) is 0 Å². The fraction of sp³-hybridized carbons (Fsp3) is 0.933. The quantitative estimate of drug-likeness (QED) is 0.845. The summed E-state index contributed by atoms with van der Waals surface area (Å²) in [5.41, 5.74) is 5.91. The van der Waals surface area contributed by atoms with Gasteiger partial charge in [-0.15, -0.1) is 0 Å². The lowest BCUT2D eigenvalue weighted by Crippen LogP contribution is -2.54. The lowest BCUT2D eigenvalue weighted by Gasteiger charge is -2.41. The van der Waals surface area contributed by atoms with Crippen molar-refractivity contribution in [2.75, 3.05) is 19.6 Å². The van der Waals surface area contributed by atoms with Gasteiger partial charge in [0.2, 0.25) is 5.91 Å². The van der Waals surface area contributed by atoms with Gasteiger partial charge in [0.05, 0.1) is 6.04 Å². The molecule has 2 rings (SSSR count). The molecule has 0 saturated carbocycles. The predicted molar refractivity (Wildman–Crippen MR) is 77.9 cm³/mol. The molecule has 0 aromatic rings. The van der Waals surface area contributed by atoms with E-state index in [0.29, 0.717) is 11.9 Å². The van der Waals surface area contributed by atoms with E-state index in [1.54, 1.807) is 0 Å². The van der Waals surface area contributed by atoms with Gasteiger partial charge in [-0.05, 0) is 45.6 Å². The van der Waals surface area contributed by atoms with Gasteiger partial charge in [0.15, 0.2) is 0 Å². The number of hydrogen-bond acceptors (Lipinski definition) is 3. The van der Waals surface area contributed by atoms with Crippen molar-refractivity contribution in [1.29, 1.82) is 0 Å². The highest BCUT2D eigenvalue weighted by Gasteiger charge is 2.32. The van der Waals surface area contributed by atoms with Gasteiger partial charge in [-0.1, -0.05) is 13.3 Å². The molecule has 0 spiro atoms. The van der Waals surface area contributed by atoms with Crippen molar-refractivity contribution in [3.05, 3.63) is 0 Å². The van der Waals surface area contributed by atoms with Crippen molar-refractivity contribution in [2.24, 2.45) is 5.73 Å². The first-order valence-electron chi connectivity index (χ1n) is 7.93. The fourth-order valence-corrected chi connectivity index (χ4v) is 3.50. The number of likely N-dealkylation sites (tertiary alicyclic amines) is 2. The summed E-state index contributed by atoms with van der Waals surface area (Å²) in [4.78, 5) is 17.1. The average molecular weight is 267 g/mol. The van der Waals surface area contributed by atoms with Gasteiger partial charge >= 0.3 is 0 Å². The first kappa shape index (κ1) is 14.8. The van der Waals surface area contributed by atoms with Gasteiger partial charge in [-0.25, -0.2) is 0 Å². The number of piperidine rings is 2. The van der Waals surface area contributed by atoms with Crippen LogP contribution < -0.4 is 5.73 Å². The molecule has 4 nitrogen and oxygen atoms in total. The Balaban J connectivity index is 1.93. The molecular formula is C15H29N3O. The number of amides is 1. The largest absolute Gasteiger partial charge is 0.341 e. The van der Waals surface area contributed by atoms with E-state index in [1.807, 2.05) is 4.90 Å². The van der Waals surface area contributed by atoms with Gasteiger partial charge in [-0.2, -0.15) is 0 Å². The van der Waals surface area contributed by atoms with Crippen molar-refractivity contribution in [2.45, 2.75) is 70.5 Å². The number of nitrogens with zero attached hydrogens (tertiary/aromatic N) is 2. The fourth-order valence-electron chi connectivity index (χ4n) is 3.50. The number of hydrogen-bond donors (Lipinski definition) is 1. The minimum absolute atomic E-state index is 0.0413. The van der Waals surface area contributed by atoms with Gasteiger partial charge in [-0.3, -0.25) is 9.69 Å². The molecule has 0 aliphatic carbocycles. The van der Waals surface area contributed by atoms with E-state index in [9.17, 15) is 4.79 Å². The molecule has 0 aromatic heterocycles. The van der Waals surface area contributed by atoms with Crippen LogP contribution in [0.25, 0.3) is 0 Å².